The molecule has 116 valence electrons. The number of anilines is 1. The Morgan fingerprint density at radius 3 is 2.24 bits per heavy atom. The van der Waals surface area contributed by atoms with Crippen molar-refractivity contribution in [1.82, 2.24) is 4.90 Å². The van der Waals surface area contributed by atoms with Gasteiger partial charge in [0.15, 0.2) is 0 Å². The molecule has 0 bridgehead atoms. The fourth-order valence-electron chi connectivity index (χ4n) is 3.01. The number of rotatable bonds is 6. The number of carbonyl (C=O) groups is 1. The predicted octanol–water partition coefficient (Wildman–Crippen LogP) is 3.48. The zero-order valence-electron chi connectivity index (χ0n) is 13.5. The summed E-state index contributed by atoms with van der Waals surface area (Å²) in [7, 11) is 0. The number of hydrogen-bond acceptors (Lipinski definition) is 2. The van der Waals surface area contributed by atoms with Crippen LogP contribution in [0.4, 0.5) is 5.69 Å². The van der Waals surface area contributed by atoms with Crippen LogP contribution in [-0.4, -0.2) is 37.0 Å². The molecule has 1 aliphatic rings. The van der Waals surface area contributed by atoms with Crippen molar-refractivity contribution in [3.05, 3.63) is 29.8 Å². The summed E-state index contributed by atoms with van der Waals surface area (Å²) < 4.78 is 0. The molecule has 1 heterocycles. The Hall–Kier alpha value is -1.51. The van der Waals surface area contributed by atoms with Crippen molar-refractivity contribution in [2.24, 2.45) is 0 Å². The van der Waals surface area contributed by atoms with Crippen LogP contribution in [-0.2, 0) is 11.2 Å². The summed E-state index contributed by atoms with van der Waals surface area (Å²) >= 11 is 0. The molecule has 1 aromatic carbocycles. The normalized spacial score (nSPS) is 15.0. The van der Waals surface area contributed by atoms with Gasteiger partial charge in [-0.15, -0.1) is 0 Å². The van der Waals surface area contributed by atoms with Crippen LogP contribution in [0.1, 0.15) is 45.1 Å². The third-order valence-corrected chi connectivity index (χ3v) is 4.40. The zero-order chi connectivity index (χ0) is 15.1. The molecule has 0 aromatic heterocycles. The molecule has 0 unspecified atom stereocenters. The van der Waals surface area contributed by atoms with Gasteiger partial charge in [0.1, 0.15) is 0 Å². The molecule has 0 radical (unpaired) electrons. The molecule has 1 aromatic rings. The molecule has 2 rings (SSSR count). The summed E-state index contributed by atoms with van der Waals surface area (Å²) in [5, 5.41) is 0. The Balaban J connectivity index is 1.86. The molecular formula is C18H28N2O. The van der Waals surface area contributed by atoms with Gasteiger partial charge in [-0.1, -0.05) is 12.1 Å². The summed E-state index contributed by atoms with van der Waals surface area (Å²) in [6.45, 7) is 8.05. The SMILES string of the molecule is CCN(CC)C(=O)CCc1ccc(N2CCCCC2)cc1. The van der Waals surface area contributed by atoms with E-state index in [1.54, 1.807) is 0 Å². The highest BCUT2D eigenvalue weighted by atomic mass is 16.2. The summed E-state index contributed by atoms with van der Waals surface area (Å²) in [5.41, 5.74) is 2.59. The zero-order valence-corrected chi connectivity index (χ0v) is 13.5. The van der Waals surface area contributed by atoms with Crippen LogP contribution >= 0.6 is 0 Å². The van der Waals surface area contributed by atoms with Crippen molar-refractivity contribution in [3.8, 4) is 0 Å². The Kier molecular flexibility index (Phi) is 6.09. The molecule has 1 amide bonds. The number of carbonyl (C=O) groups excluding carboxylic acids is 1. The number of hydrogen-bond donors (Lipinski definition) is 0. The number of nitrogens with zero attached hydrogens (tertiary/aromatic N) is 2. The average molecular weight is 288 g/mol. The van der Waals surface area contributed by atoms with Gasteiger partial charge in [0, 0.05) is 38.3 Å². The van der Waals surface area contributed by atoms with Gasteiger partial charge in [0.05, 0.1) is 0 Å². The lowest BCUT2D eigenvalue weighted by molar-refractivity contribution is -0.130. The second-order valence-corrected chi connectivity index (χ2v) is 5.78. The largest absolute Gasteiger partial charge is 0.372 e. The first-order valence-electron chi connectivity index (χ1n) is 8.36. The molecule has 1 fully saturated rings. The molecule has 1 aliphatic heterocycles. The van der Waals surface area contributed by atoms with Crippen molar-refractivity contribution in [1.29, 1.82) is 0 Å². The van der Waals surface area contributed by atoms with Crippen LogP contribution in [0, 0.1) is 0 Å². The monoisotopic (exact) mass is 288 g/mol. The van der Waals surface area contributed by atoms with Crippen molar-refractivity contribution in [2.75, 3.05) is 31.1 Å². The third kappa shape index (κ3) is 4.48. The second kappa shape index (κ2) is 8.06. The van der Waals surface area contributed by atoms with Crippen LogP contribution in [0.15, 0.2) is 24.3 Å². The van der Waals surface area contributed by atoms with E-state index in [2.05, 4.69) is 29.2 Å². The fraction of sp³-hybridized carbons (Fsp3) is 0.611. The van der Waals surface area contributed by atoms with Crippen molar-refractivity contribution < 1.29 is 4.79 Å². The quantitative estimate of drug-likeness (QED) is 0.800. The second-order valence-electron chi connectivity index (χ2n) is 5.78. The minimum atomic E-state index is 0.264. The summed E-state index contributed by atoms with van der Waals surface area (Å²) in [6.07, 6.45) is 5.43. The van der Waals surface area contributed by atoms with Crippen LogP contribution in [0.25, 0.3) is 0 Å². The molecule has 0 aliphatic carbocycles. The highest BCUT2D eigenvalue weighted by Crippen LogP contribution is 2.20. The molecule has 0 N–H and O–H groups in total. The van der Waals surface area contributed by atoms with Crippen molar-refractivity contribution >= 4 is 11.6 Å². The van der Waals surface area contributed by atoms with E-state index in [9.17, 15) is 4.79 Å². The van der Waals surface area contributed by atoms with E-state index >= 15 is 0 Å². The van der Waals surface area contributed by atoms with Crippen molar-refractivity contribution in [3.63, 3.8) is 0 Å². The molecule has 3 nitrogen and oxygen atoms in total. The lowest BCUT2D eigenvalue weighted by Crippen LogP contribution is -2.30. The van der Waals surface area contributed by atoms with E-state index in [0.29, 0.717) is 6.42 Å². The highest BCUT2D eigenvalue weighted by molar-refractivity contribution is 5.76. The Labute approximate surface area is 128 Å². The third-order valence-electron chi connectivity index (χ3n) is 4.40. The van der Waals surface area contributed by atoms with E-state index in [0.717, 1.165) is 19.5 Å². The number of aryl methyl sites for hydroxylation is 1. The average Bonchev–Trinajstić information content (AvgIpc) is 2.55. The lowest BCUT2D eigenvalue weighted by Gasteiger charge is -2.28. The first kappa shape index (κ1) is 15.9. The Bertz CT molecular complexity index is 431. The molecule has 21 heavy (non-hydrogen) atoms. The predicted molar refractivity (Wildman–Crippen MR) is 88.8 cm³/mol. The van der Waals surface area contributed by atoms with Crippen molar-refractivity contribution in [2.45, 2.75) is 46.0 Å². The van der Waals surface area contributed by atoms with E-state index in [-0.39, 0.29) is 5.91 Å². The van der Waals surface area contributed by atoms with E-state index in [4.69, 9.17) is 0 Å². The summed E-state index contributed by atoms with van der Waals surface area (Å²) in [6, 6.07) is 8.78. The Morgan fingerprint density at radius 2 is 1.67 bits per heavy atom. The van der Waals surface area contributed by atoms with Crippen LogP contribution < -0.4 is 4.90 Å². The minimum Gasteiger partial charge on any atom is -0.372 e. The summed E-state index contributed by atoms with van der Waals surface area (Å²) in [5.74, 6) is 0.264. The molecule has 0 saturated carbocycles. The maximum atomic E-state index is 12.0. The van der Waals surface area contributed by atoms with E-state index < -0.39 is 0 Å². The standard InChI is InChI=1S/C18H28N2O/c1-3-19(4-2)18(21)13-10-16-8-11-17(12-9-16)20-14-6-5-7-15-20/h8-9,11-12H,3-7,10,13-15H2,1-2H3. The molecule has 3 heteroatoms. The molecule has 0 atom stereocenters. The Morgan fingerprint density at radius 1 is 1.05 bits per heavy atom. The van der Waals surface area contributed by atoms with Gasteiger partial charge in [0.25, 0.3) is 0 Å². The smallest absolute Gasteiger partial charge is 0.222 e. The van der Waals surface area contributed by atoms with Crippen LogP contribution in [0.2, 0.25) is 0 Å². The van der Waals surface area contributed by atoms with Crippen LogP contribution in [0.3, 0.4) is 0 Å². The fourth-order valence-corrected chi connectivity index (χ4v) is 3.01. The first-order chi connectivity index (χ1) is 10.2. The topological polar surface area (TPSA) is 23.6 Å². The first-order valence-corrected chi connectivity index (χ1v) is 8.36. The van der Waals surface area contributed by atoms with Gasteiger partial charge in [0.2, 0.25) is 5.91 Å². The van der Waals surface area contributed by atoms with Gasteiger partial charge in [-0.25, -0.2) is 0 Å². The van der Waals surface area contributed by atoms with E-state index in [1.807, 2.05) is 18.7 Å². The van der Waals surface area contributed by atoms with Gasteiger partial charge < -0.3 is 9.80 Å². The van der Waals surface area contributed by atoms with Gasteiger partial charge in [-0.2, -0.15) is 0 Å². The lowest BCUT2D eigenvalue weighted by atomic mass is 10.1. The molecular weight excluding hydrogens is 260 g/mol. The minimum absolute atomic E-state index is 0.264. The molecule has 0 spiro atoms. The number of benzene rings is 1. The number of amides is 1. The summed E-state index contributed by atoms with van der Waals surface area (Å²) in [4.78, 5) is 16.4. The van der Waals surface area contributed by atoms with Crippen LogP contribution in [0.5, 0.6) is 0 Å². The number of piperidine rings is 1. The van der Waals surface area contributed by atoms with Gasteiger partial charge >= 0.3 is 0 Å². The highest BCUT2D eigenvalue weighted by Gasteiger charge is 2.12. The van der Waals surface area contributed by atoms with E-state index in [1.165, 1.54) is 43.6 Å². The maximum absolute atomic E-state index is 12.0. The maximum Gasteiger partial charge on any atom is 0.222 e. The van der Waals surface area contributed by atoms with Gasteiger partial charge in [-0.05, 0) is 57.2 Å². The molecule has 1 saturated heterocycles. The van der Waals surface area contributed by atoms with Gasteiger partial charge in [-0.3, -0.25) is 4.79 Å².